The van der Waals surface area contributed by atoms with Crippen LogP contribution in [-0.4, -0.2) is 15.7 Å². The molecular formula is C12H15N3O. The van der Waals surface area contributed by atoms with Gasteiger partial charge in [-0.3, -0.25) is 9.48 Å². The van der Waals surface area contributed by atoms with Gasteiger partial charge in [-0.1, -0.05) is 18.2 Å². The molecule has 1 N–H and O–H groups in total. The van der Waals surface area contributed by atoms with Gasteiger partial charge in [0.15, 0.2) is 0 Å². The van der Waals surface area contributed by atoms with Crippen molar-refractivity contribution in [1.29, 1.82) is 0 Å². The molecule has 0 fully saturated rings. The van der Waals surface area contributed by atoms with Crippen LogP contribution in [0.3, 0.4) is 0 Å². The van der Waals surface area contributed by atoms with Gasteiger partial charge in [-0.25, -0.2) is 0 Å². The molecule has 1 aromatic heterocycles. The number of hydrogen-bond acceptors (Lipinski definition) is 2. The molecular weight excluding hydrogens is 202 g/mol. The van der Waals surface area contributed by atoms with Crippen molar-refractivity contribution < 1.29 is 4.79 Å². The number of nitrogens with one attached hydrogen (secondary N) is 1. The third-order valence-corrected chi connectivity index (χ3v) is 1.73. The minimum Gasteiger partial charge on any atom is -0.326 e. The maximum Gasteiger partial charge on any atom is 0.221 e. The van der Waals surface area contributed by atoms with Crippen LogP contribution in [0.1, 0.15) is 6.92 Å². The Morgan fingerprint density at radius 2 is 1.94 bits per heavy atom. The average Bonchev–Trinajstić information content (AvgIpc) is 2.71. The van der Waals surface area contributed by atoms with Gasteiger partial charge in [0.1, 0.15) is 0 Å². The summed E-state index contributed by atoms with van der Waals surface area (Å²) in [5.74, 6) is -0.0359. The second kappa shape index (κ2) is 6.40. The molecule has 0 bridgehead atoms. The van der Waals surface area contributed by atoms with Gasteiger partial charge in [0.25, 0.3) is 0 Å². The zero-order valence-electron chi connectivity index (χ0n) is 9.42. The Morgan fingerprint density at radius 1 is 1.25 bits per heavy atom. The van der Waals surface area contributed by atoms with Gasteiger partial charge in [-0.05, 0) is 18.2 Å². The largest absolute Gasteiger partial charge is 0.326 e. The highest BCUT2D eigenvalue weighted by atomic mass is 16.1. The Labute approximate surface area is 94.9 Å². The molecule has 2 rings (SSSR count). The van der Waals surface area contributed by atoms with Crippen LogP contribution in [0, 0.1) is 0 Å². The van der Waals surface area contributed by atoms with Gasteiger partial charge in [-0.15, -0.1) is 0 Å². The Kier molecular flexibility index (Phi) is 4.79. The number of para-hydroxylation sites is 1. The maximum absolute atomic E-state index is 10.5. The molecule has 0 spiro atoms. The lowest BCUT2D eigenvalue weighted by atomic mass is 10.3. The van der Waals surface area contributed by atoms with Gasteiger partial charge >= 0.3 is 0 Å². The first-order valence-electron chi connectivity index (χ1n) is 4.95. The van der Waals surface area contributed by atoms with Crippen molar-refractivity contribution >= 4 is 11.6 Å². The summed E-state index contributed by atoms with van der Waals surface area (Å²) >= 11 is 0. The molecule has 0 radical (unpaired) electrons. The van der Waals surface area contributed by atoms with E-state index in [4.69, 9.17) is 0 Å². The molecule has 1 aromatic carbocycles. The molecule has 0 saturated heterocycles. The zero-order valence-corrected chi connectivity index (χ0v) is 9.42. The van der Waals surface area contributed by atoms with Crippen molar-refractivity contribution in [2.24, 2.45) is 7.05 Å². The Bertz CT molecular complexity index is 409. The topological polar surface area (TPSA) is 46.9 Å². The molecule has 2 aromatic rings. The van der Waals surface area contributed by atoms with Crippen LogP contribution < -0.4 is 5.32 Å². The number of carbonyl (C=O) groups excluding carboxylic acids is 1. The highest BCUT2D eigenvalue weighted by Gasteiger charge is 1.90. The van der Waals surface area contributed by atoms with Crippen LogP contribution in [0.25, 0.3) is 0 Å². The third kappa shape index (κ3) is 4.95. The van der Waals surface area contributed by atoms with Crippen LogP contribution in [0.4, 0.5) is 5.69 Å². The monoisotopic (exact) mass is 217 g/mol. The van der Waals surface area contributed by atoms with Crippen molar-refractivity contribution in [3.63, 3.8) is 0 Å². The van der Waals surface area contributed by atoms with Crippen LogP contribution in [0.2, 0.25) is 0 Å². The third-order valence-electron chi connectivity index (χ3n) is 1.73. The highest BCUT2D eigenvalue weighted by Crippen LogP contribution is 2.03. The molecule has 1 heterocycles. The zero-order chi connectivity index (χ0) is 11.8. The summed E-state index contributed by atoms with van der Waals surface area (Å²) in [5.41, 5.74) is 0.843. The van der Waals surface area contributed by atoms with E-state index in [-0.39, 0.29) is 5.91 Å². The summed E-state index contributed by atoms with van der Waals surface area (Å²) in [5, 5.41) is 6.50. The summed E-state index contributed by atoms with van der Waals surface area (Å²) in [7, 11) is 1.89. The molecule has 84 valence electrons. The van der Waals surface area contributed by atoms with Crippen molar-refractivity contribution in [1.82, 2.24) is 9.78 Å². The molecule has 1 amide bonds. The van der Waals surface area contributed by atoms with E-state index < -0.39 is 0 Å². The second-order valence-corrected chi connectivity index (χ2v) is 3.23. The van der Waals surface area contributed by atoms with Gasteiger partial charge in [0.05, 0.1) is 0 Å². The van der Waals surface area contributed by atoms with E-state index in [0.29, 0.717) is 0 Å². The van der Waals surface area contributed by atoms with Crippen molar-refractivity contribution in [3.05, 3.63) is 48.8 Å². The van der Waals surface area contributed by atoms with E-state index >= 15 is 0 Å². The molecule has 0 atom stereocenters. The smallest absolute Gasteiger partial charge is 0.221 e. The number of anilines is 1. The minimum atomic E-state index is -0.0359. The van der Waals surface area contributed by atoms with Crippen LogP contribution >= 0.6 is 0 Å². The molecule has 0 aliphatic heterocycles. The SMILES string of the molecule is CC(=O)Nc1ccccc1.Cn1cccn1. The number of amides is 1. The minimum absolute atomic E-state index is 0.0359. The van der Waals surface area contributed by atoms with E-state index in [1.54, 1.807) is 10.9 Å². The van der Waals surface area contributed by atoms with Gasteiger partial charge < -0.3 is 5.32 Å². The molecule has 0 aliphatic rings. The Hall–Kier alpha value is -2.10. The number of aryl methyl sites for hydroxylation is 1. The number of nitrogens with zero attached hydrogens (tertiary/aromatic N) is 2. The predicted octanol–water partition coefficient (Wildman–Crippen LogP) is 2.07. The van der Waals surface area contributed by atoms with E-state index in [1.165, 1.54) is 6.92 Å². The van der Waals surface area contributed by atoms with Crippen LogP contribution in [-0.2, 0) is 11.8 Å². The first-order chi connectivity index (χ1) is 7.68. The fourth-order valence-corrected chi connectivity index (χ4v) is 1.07. The van der Waals surface area contributed by atoms with E-state index in [9.17, 15) is 4.79 Å². The van der Waals surface area contributed by atoms with Crippen molar-refractivity contribution in [2.45, 2.75) is 6.92 Å². The molecule has 0 unspecified atom stereocenters. The highest BCUT2D eigenvalue weighted by molar-refractivity contribution is 5.88. The average molecular weight is 217 g/mol. The van der Waals surface area contributed by atoms with Crippen molar-refractivity contribution in [2.75, 3.05) is 5.32 Å². The van der Waals surface area contributed by atoms with Crippen LogP contribution in [0.5, 0.6) is 0 Å². The maximum atomic E-state index is 10.5. The number of carbonyl (C=O) groups is 1. The molecule has 16 heavy (non-hydrogen) atoms. The predicted molar refractivity (Wildman–Crippen MR) is 64.0 cm³/mol. The lowest BCUT2D eigenvalue weighted by Gasteiger charge is -1.98. The lowest BCUT2D eigenvalue weighted by Crippen LogP contribution is -2.04. The number of hydrogen-bond donors (Lipinski definition) is 1. The fraction of sp³-hybridized carbons (Fsp3) is 0.167. The normalized spacial score (nSPS) is 8.88. The summed E-state index contributed by atoms with van der Waals surface area (Å²) < 4.78 is 1.75. The summed E-state index contributed by atoms with van der Waals surface area (Å²) in [6, 6.07) is 11.3. The van der Waals surface area contributed by atoms with E-state index in [2.05, 4.69) is 10.4 Å². The number of aromatic nitrogens is 2. The molecule has 0 aliphatic carbocycles. The van der Waals surface area contributed by atoms with Gasteiger partial charge in [0.2, 0.25) is 5.91 Å². The summed E-state index contributed by atoms with van der Waals surface area (Å²) in [6.07, 6.45) is 3.64. The number of rotatable bonds is 1. The van der Waals surface area contributed by atoms with Gasteiger partial charge in [0, 0.05) is 32.1 Å². The first-order valence-corrected chi connectivity index (χ1v) is 4.95. The quantitative estimate of drug-likeness (QED) is 0.794. The van der Waals surface area contributed by atoms with E-state index in [1.807, 2.05) is 49.6 Å². The van der Waals surface area contributed by atoms with E-state index in [0.717, 1.165) is 5.69 Å². The Balaban J connectivity index is 0.000000181. The fourth-order valence-electron chi connectivity index (χ4n) is 1.07. The molecule has 0 saturated carbocycles. The summed E-state index contributed by atoms with van der Waals surface area (Å²) in [4.78, 5) is 10.5. The standard InChI is InChI=1S/C8H9NO.C4H6N2/c1-7(10)9-8-5-3-2-4-6-8;1-6-4-2-3-5-6/h2-6H,1H3,(H,9,10);2-4H,1H3. The molecule has 4 nitrogen and oxygen atoms in total. The summed E-state index contributed by atoms with van der Waals surface area (Å²) in [6.45, 7) is 1.49. The van der Waals surface area contributed by atoms with Gasteiger partial charge in [-0.2, -0.15) is 5.10 Å². The molecule has 4 heteroatoms. The lowest BCUT2D eigenvalue weighted by molar-refractivity contribution is -0.114. The van der Waals surface area contributed by atoms with Crippen LogP contribution in [0.15, 0.2) is 48.8 Å². The Morgan fingerprint density at radius 3 is 2.31 bits per heavy atom. The first kappa shape index (κ1) is 12.0. The number of benzene rings is 1. The second-order valence-electron chi connectivity index (χ2n) is 3.23. The van der Waals surface area contributed by atoms with Crippen molar-refractivity contribution in [3.8, 4) is 0 Å².